The lowest BCUT2D eigenvalue weighted by atomic mass is 10.0. The summed E-state index contributed by atoms with van der Waals surface area (Å²) >= 11 is 0. The van der Waals surface area contributed by atoms with E-state index >= 15 is 0 Å². The van der Waals surface area contributed by atoms with Crippen LogP contribution in [-0.2, 0) is 4.79 Å². The van der Waals surface area contributed by atoms with Gasteiger partial charge in [0, 0.05) is 5.56 Å². The molecular formula is C23H28N2O5. The molecule has 30 heavy (non-hydrogen) atoms. The second kappa shape index (κ2) is 9.52. The highest BCUT2D eigenvalue weighted by Crippen LogP contribution is 2.41. The molecule has 0 heterocycles. The van der Waals surface area contributed by atoms with Crippen molar-refractivity contribution in [3.63, 3.8) is 0 Å². The van der Waals surface area contributed by atoms with Gasteiger partial charge in [0.15, 0.2) is 11.5 Å². The lowest BCUT2D eigenvalue weighted by Crippen LogP contribution is -2.39. The van der Waals surface area contributed by atoms with E-state index in [0.29, 0.717) is 28.7 Å². The second-order valence-electron chi connectivity index (χ2n) is 7.39. The fourth-order valence-corrected chi connectivity index (χ4v) is 3.38. The van der Waals surface area contributed by atoms with Crippen LogP contribution in [-0.4, -0.2) is 39.7 Å². The highest BCUT2D eigenvalue weighted by Gasteiger charge is 2.33. The number of benzene rings is 2. The van der Waals surface area contributed by atoms with Crippen LogP contribution in [0.3, 0.4) is 0 Å². The molecule has 2 aromatic rings. The molecule has 3 rings (SSSR count). The fraction of sp³-hybridized carbons (Fsp3) is 0.391. The minimum absolute atomic E-state index is 0.0313. The van der Waals surface area contributed by atoms with Gasteiger partial charge in [-0.2, -0.15) is 0 Å². The lowest BCUT2D eigenvalue weighted by molar-refractivity contribution is -0.121. The predicted octanol–water partition coefficient (Wildman–Crippen LogP) is 3.02. The van der Waals surface area contributed by atoms with E-state index in [1.54, 1.807) is 12.1 Å². The Balaban J connectivity index is 1.64. The molecule has 1 fully saturated rings. The largest absolute Gasteiger partial charge is 0.493 e. The van der Waals surface area contributed by atoms with Gasteiger partial charge in [-0.05, 0) is 43.4 Å². The molecule has 0 spiro atoms. The predicted molar refractivity (Wildman–Crippen MR) is 113 cm³/mol. The van der Waals surface area contributed by atoms with Crippen LogP contribution in [0.15, 0.2) is 36.4 Å². The van der Waals surface area contributed by atoms with Crippen molar-refractivity contribution in [1.82, 2.24) is 10.6 Å². The third kappa shape index (κ3) is 5.03. The van der Waals surface area contributed by atoms with Crippen molar-refractivity contribution in [3.05, 3.63) is 53.1 Å². The number of ether oxygens (including phenoxy) is 3. The Bertz CT molecular complexity index is 881. The molecule has 160 valence electrons. The van der Waals surface area contributed by atoms with Gasteiger partial charge in [0.1, 0.15) is 0 Å². The topological polar surface area (TPSA) is 85.9 Å². The summed E-state index contributed by atoms with van der Waals surface area (Å²) in [5.41, 5.74) is 2.58. The summed E-state index contributed by atoms with van der Waals surface area (Å²) in [6.07, 6.45) is 2.19. The standard InChI is InChI=1S/C23H28N2O5/c1-14-5-7-15(8-6-14)21(16-9-10-16)25-20(26)13-24-23(27)17-11-18(28-2)22(30-4)19(12-17)29-3/h5-8,11-12,16,21H,9-10,13H2,1-4H3,(H,24,27)(H,25,26). The van der Waals surface area contributed by atoms with Crippen LogP contribution < -0.4 is 24.8 Å². The zero-order valence-corrected chi connectivity index (χ0v) is 17.8. The average molecular weight is 412 g/mol. The zero-order valence-electron chi connectivity index (χ0n) is 17.8. The molecule has 2 amide bonds. The maximum Gasteiger partial charge on any atom is 0.251 e. The van der Waals surface area contributed by atoms with Gasteiger partial charge >= 0.3 is 0 Å². The third-order valence-electron chi connectivity index (χ3n) is 5.18. The number of hydrogen-bond donors (Lipinski definition) is 2. The highest BCUT2D eigenvalue weighted by molar-refractivity contribution is 5.97. The van der Waals surface area contributed by atoms with Crippen molar-refractivity contribution in [2.45, 2.75) is 25.8 Å². The highest BCUT2D eigenvalue weighted by atomic mass is 16.5. The molecule has 0 radical (unpaired) electrons. The lowest BCUT2D eigenvalue weighted by Gasteiger charge is -2.19. The first kappa shape index (κ1) is 21.5. The maximum absolute atomic E-state index is 12.6. The number of nitrogens with one attached hydrogen (secondary N) is 2. The summed E-state index contributed by atoms with van der Waals surface area (Å²) < 4.78 is 15.8. The number of methoxy groups -OCH3 is 3. The van der Waals surface area contributed by atoms with Gasteiger partial charge in [-0.1, -0.05) is 29.8 Å². The quantitative estimate of drug-likeness (QED) is 0.661. The van der Waals surface area contributed by atoms with E-state index in [4.69, 9.17) is 14.2 Å². The van der Waals surface area contributed by atoms with Crippen LogP contribution in [0.25, 0.3) is 0 Å². The van der Waals surface area contributed by atoms with Crippen LogP contribution in [0.2, 0.25) is 0 Å². The molecule has 1 atom stereocenters. The number of amides is 2. The van der Waals surface area contributed by atoms with E-state index < -0.39 is 5.91 Å². The van der Waals surface area contributed by atoms with E-state index in [1.807, 2.05) is 31.2 Å². The molecule has 2 aromatic carbocycles. The van der Waals surface area contributed by atoms with E-state index in [0.717, 1.165) is 18.4 Å². The fourth-order valence-electron chi connectivity index (χ4n) is 3.38. The molecule has 1 aliphatic carbocycles. The molecule has 7 heteroatoms. The first-order valence-electron chi connectivity index (χ1n) is 9.91. The number of hydrogen-bond acceptors (Lipinski definition) is 5. The molecule has 0 saturated heterocycles. The van der Waals surface area contributed by atoms with Gasteiger partial charge < -0.3 is 24.8 Å². The van der Waals surface area contributed by atoms with Gasteiger partial charge in [-0.3, -0.25) is 9.59 Å². The van der Waals surface area contributed by atoms with Crippen LogP contribution in [0.1, 0.15) is 40.4 Å². The minimum Gasteiger partial charge on any atom is -0.493 e. The van der Waals surface area contributed by atoms with Gasteiger partial charge in [0.05, 0.1) is 33.9 Å². The molecule has 1 aliphatic rings. The summed E-state index contributed by atoms with van der Waals surface area (Å²) in [7, 11) is 4.46. The van der Waals surface area contributed by atoms with E-state index in [2.05, 4.69) is 10.6 Å². The van der Waals surface area contributed by atoms with Crippen LogP contribution >= 0.6 is 0 Å². The third-order valence-corrected chi connectivity index (χ3v) is 5.18. The van der Waals surface area contributed by atoms with Crippen molar-refractivity contribution in [3.8, 4) is 17.2 Å². The molecule has 0 aromatic heterocycles. The van der Waals surface area contributed by atoms with Crippen molar-refractivity contribution >= 4 is 11.8 Å². The Morgan fingerprint density at radius 1 is 1.00 bits per heavy atom. The molecule has 0 aliphatic heterocycles. The summed E-state index contributed by atoms with van der Waals surface area (Å²) in [6.45, 7) is 1.91. The van der Waals surface area contributed by atoms with Crippen LogP contribution in [0.5, 0.6) is 17.2 Å². The van der Waals surface area contributed by atoms with E-state index in [-0.39, 0.29) is 18.5 Å². The molecule has 7 nitrogen and oxygen atoms in total. The summed E-state index contributed by atoms with van der Waals surface area (Å²) in [6, 6.07) is 11.3. The number of aryl methyl sites for hydroxylation is 1. The number of carbonyl (C=O) groups is 2. The van der Waals surface area contributed by atoms with Crippen molar-refractivity contribution in [2.75, 3.05) is 27.9 Å². The van der Waals surface area contributed by atoms with Crippen LogP contribution in [0.4, 0.5) is 0 Å². The smallest absolute Gasteiger partial charge is 0.251 e. The maximum atomic E-state index is 12.6. The Hall–Kier alpha value is -3.22. The SMILES string of the molecule is COc1cc(C(=O)NCC(=O)NC(c2ccc(C)cc2)C2CC2)cc(OC)c1OC. The Morgan fingerprint density at radius 2 is 1.60 bits per heavy atom. The molecular weight excluding hydrogens is 384 g/mol. The average Bonchev–Trinajstić information content (AvgIpc) is 3.60. The van der Waals surface area contributed by atoms with Gasteiger partial charge in [0.25, 0.3) is 5.91 Å². The van der Waals surface area contributed by atoms with Gasteiger partial charge in [0.2, 0.25) is 11.7 Å². The van der Waals surface area contributed by atoms with Crippen LogP contribution in [0, 0.1) is 12.8 Å². The van der Waals surface area contributed by atoms with Crippen molar-refractivity contribution < 1.29 is 23.8 Å². The summed E-state index contributed by atoms with van der Waals surface area (Å²) in [5, 5.41) is 5.72. The van der Waals surface area contributed by atoms with Crippen molar-refractivity contribution in [1.29, 1.82) is 0 Å². The Kier molecular flexibility index (Phi) is 6.82. The van der Waals surface area contributed by atoms with E-state index in [1.165, 1.54) is 26.9 Å². The normalized spacial score (nSPS) is 13.9. The first-order chi connectivity index (χ1) is 14.5. The molecule has 1 saturated carbocycles. The zero-order chi connectivity index (χ0) is 21.7. The Morgan fingerprint density at radius 3 is 2.10 bits per heavy atom. The first-order valence-corrected chi connectivity index (χ1v) is 9.91. The number of carbonyl (C=O) groups excluding carboxylic acids is 2. The molecule has 2 N–H and O–H groups in total. The Labute approximate surface area is 176 Å². The number of rotatable bonds is 9. The molecule has 0 bridgehead atoms. The van der Waals surface area contributed by atoms with E-state index in [9.17, 15) is 9.59 Å². The summed E-state index contributed by atoms with van der Waals surface area (Å²) in [5.74, 6) is 0.970. The summed E-state index contributed by atoms with van der Waals surface area (Å²) in [4.78, 5) is 25.1. The monoisotopic (exact) mass is 412 g/mol. The molecule has 1 unspecified atom stereocenters. The van der Waals surface area contributed by atoms with Crippen molar-refractivity contribution in [2.24, 2.45) is 5.92 Å². The minimum atomic E-state index is -0.400. The van der Waals surface area contributed by atoms with Gasteiger partial charge in [-0.25, -0.2) is 0 Å². The van der Waals surface area contributed by atoms with Gasteiger partial charge in [-0.15, -0.1) is 0 Å². The second-order valence-corrected chi connectivity index (χ2v) is 7.39.